The van der Waals surface area contributed by atoms with Gasteiger partial charge in [0.25, 0.3) is 0 Å². The van der Waals surface area contributed by atoms with Crippen LogP contribution in [0.5, 0.6) is 0 Å². The molecule has 0 aromatic heterocycles. The molecule has 1 saturated heterocycles. The Labute approximate surface area is 123 Å². The third-order valence-electron chi connectivity index (χ3n) is 4.60. The summed E-state index contributed by atoms with van der Waals surface area (Å²) in [7, 11) is 0. The van der Waals surface area contributed by atoms with Gasteiger partial charge in [0.1, 0.15) is 0 Å². The molecule has 4 nitrogen and oxygen atoms in total. The molecule has 0 aliphatic carbocycles. The standard InChI is InChI=1S/C16H29N3O/c1-6-14(12-17)18-7-9-19(10-8-18)15(20)11-13(2)16(3,4)5/h13-14H,6-11H2,1-5H3. The van der Waals surface area contributed by atoms with E-state index in [-0.39, 0.29) is 17.4 Å². The second kappa shape index (κ2) is 7.08. The van der Waals surface area contributed by atoms with Crippen LogP contribution in [0.2, 0.25) is 0 Å². The molecule has 20 heavy (non-hydrogen) atoms. The van der Waals surface area contributed by atoms with E-state index in [1.165, 1.54) is 0 Å². The maximum atomic E-state index is 12.3. The fourth-order valence-corrected chi connectivity index (χ4v) is 2.41. The second-order valence-electron chi connectivity index (χ2n) is 6.94. The van der Waals surface area contributed by atoms with Crippen molar-refractivity contribution in [1.82, 2.24) is 9.80 Å². The number of nitrogens with zero attached hydrogens (tertiary/aromatic N) is 3. The third-order valence-corrected chi connectivity index (χ3v) is 4.60. The normalized spacial score (nSPS) is 20.3. The molecule has 2 unspecified atom stereocenters. The summed E-state index contributed by atoms with van der Waals surface area (Å²) >= 11 is 0. The summed E-state index contributed by atoms with van der Waals surface area (Å²) in [6, 6.07) is 2.34. The molecule has 1 heterocycles. The number of hydrogen-bond acceptors (Lipinski definition) is 3. The molecule has 0 N–H and O–H groups in total. The Morgan fingerprint density at radius 2 is 1.80 bits per heavy atom. The Balaban J connectivity index is 2.46. The van der Waals surface area contributed by atoms with Gasteiger partial charge in [0.15, 0.2) is 0 Å². The zero-order valence-electron chi connectivity index (χ0n) is 13.6. The van der Waals surface area contributed by atoms with Gasteiger partial charge in [-0.25, -0.2) is 0 Å². The van der Waals surface area contributed by atoms with Gasteiger partial charge in [-0.3, -0.25) is 9.69 Å². The van der Waals surface area contributed by atoms with Crippen LogP contribution in [0.1, 0.15) is 47.5 Å². The van der Waals surface area contributed by atoms with E-state index in [0.717, 1.165) is 32.6 Å². The van der Waals surface area contributed by atoms with Crippen molar-refractivity contribution in [3.63, 3.8) is 0 Å². The molecule has 0 radical (unpaired) electrons. The molecule has 1 rings (SSSR count). The molecule has 1 aliphatic rings. The first-order valence-electron chi connectivity index (χ1n) is 7.71. The van der Waals surface area contributed by atoms with Crippen molar-refractivity contribution in [2.75, 3.05) is 26.2 Å². The van der Waals surface area contributed by atoms with Crippen LogP contribution in [-0.2, 0) is 4.79 Å². The van der Waals surface area contributed by atoms with Gasteiger partial charge in [-0.15, -0.1) is 0 Å². The first-order chi connectivity index (χ1) is 9.29. The molecule has 0 bridgehead atoms. The maximum Gasteiger partial charge on any atom is 0.222 e. The van der Waals surface area contributed by atoms with E-state index in [0.29, 0.717) is 12.3 Å². The Morgan fingerprint density at radius 3 is 2.20 bits per heavy atom. The molecule has 0 aromatic carbocycles. The number of piperazine rings is 1. The van der Waals surface area contributed by atoms with Crippen LogP contribution >= 0.6 is 0 Å². The molecule has 0 spiro atoms. The number of nitriles is 1. The fraction of sp³-hybridized carbons (Fsp3) is 0.875. The maximum absolute atomic E-state index is 12.3. The largest absolute Gasteiger partial charge is 0.340 e. The molecular weight excluding hydrogens is 250 g/mol. The van der Waals surface area contributed by atoms with Crippen LogP contribution < -0.4 is 0 Å². The van der Waals surface area contributed by atoms with E-state index in [9.17, 15) is 4.79 Å². The fourth-order valence-electron chi connectivity index (χ4n) is 2.41. The van der Waals surface area contributed by atoms with Crippen LogP contribution in [-0.4, -0.2) is 47.9 Å². The predicted molar refractivity (Wildman–Crippen MR) is 81.1 cm³/mol. The van der Waals surface area contributed by atoms with Gasteiger partial charge in [-0.1, -0.05) is 34.6 Å². The highest BCUT2D eigenvalue weighted by Gasteiger charge is 2.28. The van der Waals surface area contributed by atoms with Crippen LogP contribution in [0.15, 0.2) is 0 Å². The quantitative estimate of drug-likeness (QED) is 0.794. The van der Waals surface area contributed by atoms with Crippen molar-refractivity contribution in [3.8, 4) is 6.07 Å². The average molecular weight is 279 g/mol. The summed E-state index contributed by atoms with van der Waals surface area (Å²) in [5.41, 5.74) is 0.172. The molecule has 1 fully saturated rings. The summed E-state index contributed by atoms with van der Waals surface area (Å²) in [6.45, 7) is 13.9. The smallest absolute Gasteiger partial charge is 0.222 e. The number of carbonyl (C=O) groups is 1. The van der Waals surface area contributed by atoms with Crippen LogP contribution in [0.3, 0.4) is 0 Å². The number of hydrogen-bond donors (Lipinski definition) is 0. The summed E-state index contributed by atoms with van der Waals surface area (Å²) < 4.78 is 0. The van der Waals surface area contributed by atoms with E-state index in [1.54, 1.807) is 0 Å². The van der Waals surface area contributed by atoms with Gasteiger partial charge >= 0.3 is 0 Å². The molecule has 1 aliphatic heterocycles. The Morgan fingerprint density at radius 1 is 1.25 bits per heavy atom. The zero-order chi connectivity index (χ0) is 15.3. The van der Waals surface area contributed by atoms with E-state index in [1.807, 2.05) is 11.8 Å². The Bertz CT molecular complexity index is 359. The van der Waals surface area contributed by atoms with Gasteiger partial charge in [0.05, 0.1) is 12.1 Å². The van der Waals surface area contributed by atoms with Gasteiger partial charge in [0.2, 0.25) is 5.91 Å². The van der Waals surface area contributed by atoms with E-state index >= 15 is 0 Å². The monoisotopic (exact) mass is 279 g/mol. The number of amides is 1. The summed E-state index contributed by atoms with van der Waals surface area (Å²) in [6.07, 6.45) is 1.48. The predicted octanol–water partition coefficient (Wildman–Crippen LogP) is 2.51. The number of rotatable bonds is 4. The van der Waals surface area contributed by atoms with Crippen molar-refractivity contribution in [1.29, 1.82) is 5.26 Å². The Hall–Kier alpha value is -1.08. The molecule has 114 valence electrons. The average Bonchev–Trinajstić information content (AvgIpc) is 2.39. The minimum atomic E-state index is 0.000695. The minimum Gasteiger partial charge on any atom is -0.340 e. The Kier molecular flexibility index (Phi) is 6.01. The molecule has 0 aromatic rings. The zero-order valence-corrected chi connectivity index (χ0v) is 13.6. The first kappa shape index (κ1) is 17.0. The van der Waals surface area contributed by atoms with Crippen molar-refractivity contribution in [3.05, 3.63) is 0 Å². The van der Waals surface area contributed by atoms with Crippen molar-refractivity contribution < 1.29 is 4.79 Å². The molecular formula is C16H29N3O. The highest BCUT2D eigenvalue weighted by atomic mass is 16.2. The minimum absolute atomic E-state index is 0.000695. The lowest BCUT2D eigenvalue weighted by atomic mass is 9.80. The highest BCUT2D eigenvalue weighted by Crippen LogP contribution is 2.28. The van der Waals surface area contributed by atoms with Crippen LogP contribution in [0.25, 0.3) is 0 Å². The number of carbonyl (C=O) groups excluding carboxylic acids is 1. The van der Waals surface area contributed by atoms with Crippen molar-refractivity contribution in [2.45, 2.75) is 53.5 Å². The van der Waals surface area contributed by atoms with E-state index < -0.39 is 0 Å². The first-order valence-corrected chi connectivity index (χ1v) is 7.71. The third kappa shape index (κ3) is 4.49. The van der Waals surface area contributed by atoms with Gasteiger partial charge in [-0.2, -0.15) is 5.26 Å². The second-order valence-corrected chi connectivity index (χ2v) is 6.94. The van der Waals surface area contributed by atoms with Gasteiger partial charge in [-0.05, 0) is 17.8 Å². The van der Waals surface area contributed by atoms with Crippen LogP contribution in [0, 0.1) is 22.7 Å². The van der Waals surface area contributed by atoms with E-state index in [2.05, 4.69) is 38.7 Å². The van der Waals surface area contributed by atoms with Crippen molar-refractivity contribution >= 4 is 5.91 Å². The van der Waals surface area contributed by atoms with Gasteiger partial charge < -0.3 is 4.90 Å². The lowest BCUT2D eigenvalue weighted by Crippen LogP contribution is -2.51. The SMILES string of the molecule is CCC(C#N)N1CCN(C(=O)CC(C)C(C)(C)C)CC1. The molecule has 4 heteroatoms. The van der Waals surface area contributed by atoms with Gasteiger partial charge in [0, 0.05) is 32.6 Å². The van der Waals surface area contributed by atoms with Crippen molar-refractivity contribution in [2.24, 2.45) is 11.3 Å². The summed E-state index contributed by atoms with van der Waals surface area (Å²) in [5.74, 6) is 0.646. The molecule has 1 amide bonds. The summed E-state index contributed by atoms with van der Waals surface area (Å²) in [4.78, 5) is 16.5. The topological polar surface area (TPSA) is 47.3 Å². The summed E-state index contributed by atoms with van der Waals surface area (Å²) in [5, 5.41) is 9.09. The van der Waals surface area contributed by atoms with E-state index in [4.69, 9.17) is 5.26 Å². The molecule has 0 saturated carbocycles. The molecule has 2 atom stereocenters. The highest BCUT2D eigenvalue weighted by molar-refractivity contribution is 5.76. The lowest BCUT2D eigenvalue weighted by molar-refractivity contribution is -0.134. The lowest BCUT2D eigenvalue weighted by Gasteiger charge is -2.37. The van der Waals surface area contributed by atoms with Crippen LogP contribution in [0.4, 0.5) is 0 Å².